The van der Waals surface area contributed by atoms with Crippen molar-refractivity contribution in [3.8, 4) is 22.5 Å². The lowest BCUT2D eigenvalue weighted by atomic mass is 10.0. The minimum Gasteiger partial charge on any atom is -0.465 e. The van der Waals surface area contributed by atoms with E-state index in [1.807, 2.05) is 30.3 Å². The van der Waals surface area contributed by atoms with Gasteiger partial charge >= 0.3 is 11.9 Å². The van der Waals surface area contributed by atoms with Crippen molar-refractivity contribution in [1.29, 1.82) is 0 Å². The van der Waals surface area contributed by atoms with Crippen LogP contribution < -0.4 is 0 Å². The minimum atomic E-state index is -0.448. The monoisotopic (exact) mass is 401 g/mol. The van der Waals surface area contributed by atoms with Gasteiger partial charge in [-0.05, 0) is 25.1 Å². The summed E-state index contributed by atoms with van der Waals surface area (Å²) in [4.78, 5) is 29.1. The number of hydrogen-bond donors (Lipinski definition) is 1. The zero-order chi connectivity index (χ0) is 21.1. The van der Waals surface area contributed by atoms with Crippen LogP contribution in [0.15, 0.2) is 60.7 Å². The Bertz CT molecular complexity index is 1210. The van der Waals surface area contributed by atoms with Crippen LogP contribution in [0.1, 0.15) is 27.6 Å². The van der Waals surface area contributed by atoms with Crippen molar-refractivity contribution in [2.75, 3.05) is 13.7 Å². The maximum absolute atomic E-state index is 12.8. The molecular formula is C23H19N3O4. The van der Waals surface area contributed by atoms with Gasteiger partial charge in [0.15, 0.2) is 5.65 Å². The van der Waals surface area contributed by atoms with E-state index in [0.717, 1.165) is 11.1 Å². The van der Waals surface area contributed by atoms with Crippen molar-refractivity contribution in [3.63, 3.8) is 0 Å². The molecule has 0 atom stereocenters. The Balaban J connectivity index is 1.87. The Morgan fingerprint density at radius 1 is 0.967 bits per heavy atom. The second kappa shape index (κ2) is 8.16. The van der Waals surface area contributed by atoms with E-state index in [9.17, 15) is 9.59 Å². The molecular weight excluding hydrogens is 382 g/mol. The van der Waals surface area contributed by atoms with Crippen LogP contribution in [0.25, 0.3) is 33.5 Å². The third kappa shape index (κ3) is 3.53. The second-order valence-electron chi connectivity index (χ2n) is 6.51. The highest BCUT2D eigenvalue weighted by molar-refractivity contribution is 6.09. The average molecular weight is 401 g/mol. The van der Waals surface area contributed by atoms with Crippen LogP contribution >= 0.6 is 0 Å². The van der Waals surface area contributed by atoms with Gasteiger partial charge in [-0.25, -0.2) is 14.6 Å². The number of ether oxygens (including phenoxy) is 2. The first-order valence-corrected chi connectivity index (χ1v) is 9.42. The summed E-state index contributed by atoms with van der Waals surface area (Å²) in [6, 6.07) is 18.1. The molecule has 150 valence electrons. The molecule has 2 aromatic heterocycles. The van der Waals surface area contributed by atoms with Gasteiger partial charge in [0.2, 0.25) is 0 Å². The number of fused-ring (bicyclic) bond motifs is 1. The largest absolute Gasteiger partial charge is 0.465 e. The number of carbonyl (C=O) groups is 2. The van der Waals surface area contributed by atoms with Gasteiger partial charge in [-0.1, -0.05) is 42.5 Å². The maximum atomic E-state index is 12.8. The Kier molecular flexibility index (Phi) is 5.26. The van der Waals surface area contributed by atoms with Crippen LogP contribution in [-0.2, 0) is 9.47 Å². The zero-order valence-electron chi connectivity index (χ0n) is 16.5. The summed E-state index contributed by atoms with van der Waals surface area (Å²) >= 11 is 0. The summed E-state index contributed by atoms with van der Waals surface area (Å²) in [7, 11) is 1.33. The van der Waals surface area contributed by atoms with Gasteiger partial charge in [0.05, 0.1) is 41.6 Å². The van der Waals surface area contributed by atoms with Crippen LogP contribution in [0.4, 0.5) is 0 Å². The molecule has 4 aromatic rings. The topological polar surface area (TPSA) is 94.2 Å². The Hall–Kier alpha value is -4.00. The molecule has 0 aliphatic heterocycles. The fraction of sp³-hybridized carbons (Fsp3) is 0.130. The normalized spacial score (nSPS) is 10.7. The highest BCUT2D eigenvalue weighted by Gasteiger charge is 2.21. The molecule has 0 unspecified atom stereocenters. The summed E-state index contributed by atoms with van der Waals surface area (Å²) in [5.74, 6) is -0.868. The summed E-state index contributed by atoms with van der Waals surface area (Å²) in [6.45, 7) is 2.01. The number of aromatic amines is 1. The molecule has 2 heterocycles. The number of hydrogen-bond acceptors (Lipinski definition) is 6. The molecule has 0 spiro atoms. The number of aromatic nitrogens is 3. The molecule has 0 aliphatic rings. The zero-order valence-corrected chi connectivity index (χ0v) is 16.5. The van der Waals surface area contributed by atoms with E-state index in [1.54, 1.807) is 37.3 Å². The van der Waals surface area contributed by atoms with Crippen molar-refractivity contribution in [3.05, 3.63) is 71.8 Å². The molecule has 4 rings (SSSR count). The third-order valence-electron chi connectivity index (χ3n) is 4.68. The van der Waals surface area contributed by atoms with Gasteiger partial charge in [0.1, 0.15) is 0 Å². The lowest BCUT2D eigenvalue weighted by Gasteiger charge is -2.08. The van der Waals surface area contributed by atoms with Crippen LogP contribution in [-0.4, -0.2) is 40.8 Å². The number of methoxy groups -OCH3 is 1. The Morgan fingerprint density at radius 3 is 2.37 bits per heavy atom. The van der Waals surface area contributed by atoms with E-state index >= 15 is 0 Å². The molecule has 7 nitrogen and oxygen atoms in total. The number of benzene rings is 2. The van der Waals surface area contributed by atoms with Crippen LogP contribution in [0.3, 0.4) is 0 Å². The van der Waals surface area contributed by atoms with Crippen LogP contribution in [0.5, 0.6) is 0 Å². The fourth-order valence-corrected chi connectivity index (χ4v) is 3.25. The maximum Gasteiger partial charge on any atom is 0.339 e. The lowest BCUT2D eigenvalue weighted by Crippen LogP contribution is -2.06. The molecule has 30 heavy (non-hydrogen) atoms. The van der Waals surface area contributed by atoms with E-state index in [-0.39, 0.29) is 6.61 Å². The highest BCUT2D eigenvalue weighted by atomic mass is 16.5. The molecule has 0 radical (unpaired) electrons. The molecule has 0 saturated heterocycles. The summed E-state index contributed by atoms with van der Waals surface area (Å²) in [5.41, 5.74) is 4.09. The first-order chi connectivity index (χ1) is 14.6. The number of esters is 2. The van der Waals surface area contributed by atoms with Crippen molar-refractivity contribution in [1.82, 2.24) is 15.2 Å². The summed E-state index contributed by atoms with van der Waals surface area (Å²) in [5, 5.41) is 7.93. The van der Waals surface area contributed by atoms with Crippen molar-refractivity contribution in [2.45, 2.75) is 6.92 Å². The van der Waals surface area contributed by atoms with Gasteiger partial charge in [-0.3, -0.25) is 5.10 Å². The van der Waals surface area contributed by atoms with Gasteiger partial charge in [0, 0.05) is 11.1 Å². The fourth-order valence-electron chi connectivity index (χ4n) is 3.25. The molecule has 1 N–H and O–H groups in total. The van der Waals surface area contributed by atoms with E-state index < -0.39 is 11.9 Å². The van der Waals surface area contributed by atoms with Crippen molar-refractivity contribution in [2.24, 2.45) is 0 Å². The SMILES string of the molecule is CCOC(=O)c1cc(-c2ccc(C(=O)OC)cc2)nc2n[nH]c(-c3ccccc3)c12. The van der Waals surface area contributed by atoms with Crippen molar-refractivity contribution < 1.29 is 19.1 Å². The number of nitrogens with zero attached hydrogens (tertiary/aromatic N) is 2. The standard InChI is InChI=1S/C23H19N3O4/c1-3-30-23(28)17-13-18(14-9-11-16(12-10-14)22(27)29-2)24-21-19(17)20(25-26-21)15-7-5-4-6-8-15/h4-13H,3H2,1-2H3,(H,24,25,26). The molecule has 0 saturated carbocycles. The molecule has 0 aliphatic carbocycles. The predicted octanol–water partition coefficient (Wildman–Crippen LogP) is 4.26. The van der Waals surface area contributed by atoms with Crippen LogP contribution in [0, 0.1) is 0 Å². The van der Waals surface area contributed by atoms with E-state index in [0.29, 0.717) is 33.5 Å². The number of nitrogens with one attached hydrogen (secondary N) is 1. The molecule has 0 fully saturated rings. The molecule has 2 aromatic carbocycles. The third-order valence-corrected chi connectivity index (χ3v) is 4.68. The molecule has 0 bridgehead atoms. The van der Waals surface area contributed by atoms with Gasteiger partial charge < -0.3 is 9.47 Å². The summed E-state index contributed by atoms with van der Waals surface area (Å²) in [6.07, 6.45) is 0. The van der Waals surface area contributed by atoms with Gasteiger partial charge in [-0.2, -0.15) is 5.10 Å². The summed E-state index contributed by atoms with van der Waals surface area (Å²) < 4.78 is 10.0. The highest BCUT2D eigenvalue weighted by Crippen LogP contribution is 2.31. The first kappa shape index (κ1) is 19.3. The van der Waals surface area contributed by atoms with Gasteiger partial charge in [-0.15, -0.1) is 0 Å². The first-order valence-electron chi connectivity index (χ1n) is 9.42. The second-order valence-corrected chi connectivity index (χ2v) is 6.51. The smallest absolute Gasteiger partial charge is 0.339 e. The van der Waals surface area contributed by atoms with E-state index in [1.165, 1.54) is 7.11 Å². The number of rotatable bonds is 5. The number of H-pyrrole nitrogens is 1. The molecule has 0 amide bonds. The Morgan fingerprint density at radius 2 is 1.70 bits per heavy atom. The van der Waals surface area contributed by atoms with E-state index in [2.05, 4.69) is 15.2 Å². The Labute approximate surface area is 172 Å². The average Bonchev–Trinajstić information content (AvgIpc) is 3.23. The van der Waals surface area contributed by atoms with E-state index in [4.69, 9.17) is 9.47 Å². The van der Waals surface area contributed by atoms with Crippen molar-refractivity contribution >= 4 is 23.0 Å². The van der Waals surface area contributed by atoms with Gasteiger partial charge in [0.25, 0.3) is 0 Å². The predicted molar refractivity (Wildman–Crippen MR) is 112 cm³/mol. The quantitative estimate of drug-likeness (QED) is 0.502. The number of carbonyl (C=O) groups excluding carboxylic acids is 2. The minimum absolute atomic E-state index is 0.254. The molecule has 7 heteroatoms. The van der Waals surface area contributed by atoms with Crippen LogP contribution in [0.2, 0.25) is 0 Å². The number of pyridine rings is 1. The lowest BCUT2D eigenvalue weighted by molar-refractivity contribution is 0.0527.